The molecule has 0 aromatic heterocycles. The Morgan fingerprint density at radius 3 is 2.44 bits per heavy atom. The van der Waals surface area contributed by atoms with Crippen LogP contribution in [0, 0.1) is 11.8 Å². The van der Waals surface area contributed by atoms with Gasteiger partial charge in [-0.3, -0.25) is 9.59 Å². The van der Waals surface area contributed by atoms with Crippen molar-refractivity contribution in [2.45, 2.75) is 26.2 Å². The smallest absolute Gasteiger partial charge is 0.336 e. The number of benzene rings is 1. The highest BCUT2D eigenvalue weighted by atomic mass is 16.6. The Bertz CT molecular complexity index is 1040. The molecule has 1 aliphatic heterocycles. The van der Waals surface area contributed by atoms with E-state index in [1.807, 2.05) is 6.92 Å². The Labute approximate surface area is 199 Å². The predicted octanol–water partition coefficient (Wildman–Crippen LogP) is 2.51. The van der Waals surface area contributed by atoms with E-state index in [9.17, 15) is 14.4 Å². The van der Waals surface area contributed by atoms with Crippen molar-refractivity contribution in [2.75, 3.05) is 41.7 Å². The minimum atomic E-state index is -0.971. The van der Waals surface area contributed by atoms with E-state index in [2.05, 4.69) is 5.32 Å². The largest absolute Gasteiger partial charge is 0.497 e. The molecule has 0 saturated heterocycles. The topological polar surface area (TPSA) is 109 Å². The SMILES string of the molecule is COCCOC(=O)C1=C(C)NC2=C(C(=O)[C@H](C(=O)OC)[C@@H](C)C2)[C@H]1c1ccc(OC)cc1OC. The van der Waals surface area contributed by atoms with Gasteiger partial charge in [-0.05, 0) is 25.3 Å². The van der Waals surface area contributed by atoms with E-state index >= 15 is 0 Å². The van der Waals surface area contributed by atoms with Gasteiger partial charge in [-0.25, -0.2) is 4.79 Å². The molecular weight excluding hydrogens is 442 g/mol. The van der Waals surface area contributed by atoms with Crippen molar-refractivity contribution in [3.63, 3.8) is 0 Å². The minimum Gasteiger partial charge on any atom is -0.497 e. The van der Waals surface area contributed by atoms with Crippen LogP contribution < -0.4 is 14.8 Å². The molecule has 1 heterocycles. The number of ether oxygens (including phenoxy) is 5. The lowest BCUT2D eigenvalue weighted by atomic mass is 9.69. The van der Waals surface area contributed by atoms with E-state index in [-0.39, 0.29) is 30.5 Å². The first-order chi connectivity index (χ1) is 16.3. The van der Waals surface area contributed by atoms with Gasteiger partial charge < -0.3 is 29.0 Å². The molecule has 184 valence electrons. The van der Waals surface area contributed by atoms with Crippen LogP contribution in [0.1, 0.15) is 31.7 Å². The van der Waals surface area contributed by atoms with Gasteiger partial charge in [0.2, 0.25) is 0 Å². The third-order valence-electron chi connectivity index (χ3n) is 6.24. The Hall–Kier alpha value is -3.33. The molecule has 0 spiro atoms. The number of Topliss-reactive ketones (excluding diaryl/α,β-unsaturated/α-hetero) is 1. The molecule has 1 aromatic rings. The van der Waals surface area contributed by atoms with Crippen molar-refractivity contribution in [1.82, 2.24) is 5.32 Å². The van der Waals surface area contributed by atoms with E-state index in [0.29, 0.717) is 40.5 Å². The maximum atomic E-state index is 13.8. The summed E-state index contributed by atoms with van der Waals surface area (Å²) >= 11 is 0. The van der Waals surface area contributed by atoms with Crippen molar-refractivity contribution in [3.05, 3.63) is 46.3 Å². The second-order valence-corrected chi connectivity index (χ2v) is 8.27. The molecule has 0 amide bonds. The van der Waals surface area contributed by atoms with E-state index in [1.54, 1.807) is 25.1 Å². The number of hydrogen-bond acceptors (Lipinski definition) is 9. The van der Waals surface area contributed by atoms with E-state index in [1.165, 1.54) is 28.4 Å². The van der Waals surface area contributed by atoms with Crippen LogP contribution in [-0.2, 0) is 28.6 Å². The lowest BCUT2D eigenvalue weighted by Gasteiger charge is -2.38. The molecule has 34 heavy (non-hydrogen) atoms. The van der Waals surface area contributed by atoms with Crippen molar-refractivity contribution < 1.29 is 38.1 Å². The van der Waals surface area contributed by atoms with Crippen molar-refractivity contribution >= 4 is 17.7 Å². The van der Waals surface area contributed by atoms with Crippen LogP contribution in [0.3, 0.4) is 0 Å². The lowest BCUT2D eigenvalue weighted by molar-refractivity contribution is -0.151. The van der Waals surface area contributed by atoms with Crippen LogP contribution in [0.25, 0.3) is 0 Å². The number of nitrogens with one attached hydrogen (secondary N) is 1. The van der Waals surface area contributed by atoms with Gasteiger partial charge in [-0.1, -0.05) is 13.0 Å². The second kappa shape index (κ2) is 10.7. The fourth-order valence-corrected chi connectivity index (χ4v) is 4.61. The van der Waals surface area contributed by atoms with E-state index in [4.69, 9.17) is 23.7 Å². The van der Waals surface area contributed by atoms with Crippen LogP contribution in [0.5, 0.6) is 11.5 Å². The summed E-state index contributed by atoms with van der Waals surface area (Å²) in [6.45, 7) is 3.89. The summed E-state index contributed by atoms with van der Waals surface area (Å²) in [5, 5.41) is 3.23. The van der Waals surface area contributed by atoms with Crippen LogP contribution in [0.15, 0.2) is 40.7 Å². The van der Waals surface area contributed by atoms with Crippen molar-refractivity contribution in [3.8, 4) is 11.5 Å². The average Bonchev–Trinajstić information content (AvgIpc) is 2.82. The van der Waals surface area contributed by atoms with Gasteiger partial charge in [-0.2, -0.15) is 0 Å². The molecule has 3 rings (SSSR count). The van der Waals surface area contributed by atoms with E-state index < -0.39 is 23.8 Å². The number of carbonyl (C=O) groups excluding carboxylic acids is 3. The number of carbonyl (C=O) groups is 3. The van der Waals surface area contributed by atoms with E-state index in [0.717, 1.165) is 0 Å². The molecule has 1 aliphatic carbocycles. The van der Waals surface area contributed by atoms with Crippen molar-refractivity contribution in [1.29, 1.82) is 0 Å². The molecule has 1 N–H and O–H groups in total. The maximum Gasteiger partial charge on any atom is 0.336 e. The first-order valence-electron chi connectivity index (χ1n) is 11.0. The molecule has 3 atom stereocenters. The number of methoxy groups -OCH3 is 4. The van der Waals surface area contributed by atoms with Crippen molar-refractivity contribution in [2.24, 2.45) is 11.8 Å². The van der Waals surface area contributed by atoms with Crippen LogP contribution >= 0.6 is 0 Å². The second-order valence-electron chi connectivity index (χ2n) is 8.27. The number of allylic oxidation sites excluding steroid dienone is 3. The Balaban J connectivity index is 2.20. The van der Waals surface area contributed by atoms with Crippen LogP contribution in [0.4, 0.5) is 0 Å². The molecule has 9 nitrogen and oxygen atoms in total. The quantitative estimate of drug-likeness (QED) is 0.346. The zero-order chi connectivity index (χ0) is 25.0. The summed E-state index contributed by atoms with van der Waals surface area (Å²) in [4.78, 5) is 39.5. The van der Waals surface area contributed by atoms with Gasteiger partial charge >= 0.3 is 11.9 Å². The summed E-state index contributed by atoms with van der Waals surface area (Å²) in [5.41, 5.74) is 2.43. The lowest BCUT2D eigenvalue weighted by Crippen LogP contribution is -2.43. The molecule has 0 fully saturated rings. The standard InChI is InChI=1S/C25H31NO8/c1-13-11-17-22(23(27)19(13)24(28)33-6)21(16-8-7-15(31-4)12-18(16)32-5)20(14(2)26-17)25(29)34-10-9-30-3/h7-8,12-13,19,21,26H,9-11H2,1-6H3/t13-,19+,21-/m0/s1. The summed E-state index contributed by atoms with van der Waals surface area (Å²) in [7, 11) is 5.81. The van der Waals surface area contributed by atoms with Gasteiger partial charge in [0.1, 0.15) is 24.0 Å². The molecule has 0 bridgehead atoms. The third kappa shape index (κ3) is 4.65. The maximum absolute atomic E-state index is 13.8. The molecule has 9 heteroatoms. The number of rotatable bonds is 8. The highest BCUT2D eigenvalue weighted by molar-refractivity contribution is 6.12. The van der Waals surface area contributed by atoms with Gasteiger partial charge in [0, 0.05) is 35.7 Å². The van der Waals surface area contributed by atoms with Gasteiger partial charge in [0.15, 0.2) is 5.78 Å². The first kappa shape index (κ1) is 25.3. The molecule has 2 aliphatic rings. The monoisotopic (exact) mass is 473 g/mol. The number of esters is 2. The Morgan fingerprint density at radius 2 is 1.82 bits per heavy atom. The number of hydrogen-bond donors (Lipinski definition) is 1. The summed E-state index contributed by atoms with van der Waals surface area (Å²) in [5.74, 6) is -2.62. The number of dihydropyridines is 1. The van der Waals surface area contributed by atoms with Gasteiger partial charge in [0.25, 0.3) is 0 Å². The summed E-state index contributed by atoms with van der Waals surface area (Å²) in [6, 6.07) is 5.18. The van der Waals surface area contributed by atoms with Gasteiger partial charge in [0.05, 0.1) is 39.4 Å². The highest BCUT2D eigenvalue weighted by Gasteiger charge is 2.47. The highest BCUT2D eigenvalue weighted by Crippen LogP contribution is 2.48. The fourth-order valence-electron chi connectivity index (χ4n) is 4.61. The molecular formula is C25H31NO8. The Kier molecular flexibility index (Phi) is 7.98. The molecule has 0 unspecified atom stereocenters. The average molecular weight is 474 g/mol. The van der Waals surface area contributed by atoms with Crippen LogP contribution in [-0.4, -0.2) is 59.4 Å². The predicted molar refractivity (Wildman–Crippen MR) is 122 cm³/mol. The third-order valence-corrected chi connectivity index (χ3v) is 6.24. The zero-order valence-electron chi connectivity index (χ0n) is 20.4. The minimum absolute atomic E-state index is 0.0558. The molecule has 0 saturated carbocycles. The number of ketones is 1. The molecule has 0 radical (unpaired) electrons. The molecule has 1 aromatic carbocycles. The van der Waals surface area contributed by atoms with Gasteiger partial charge in [-0.15, -0.1) is 0 Å². The first-order valence-corrected chi connectivity index (χ1v) is 11.0. The Morgan fingerprint density at radius 1 is 1.09 bits per heavy atom. The normalized spacial score (nSPS) is 22.1. The summed E-state index contributed by atoms with van der Waals surface area (Å²) in [6.07, 6.45) is 0.444. The summed E-state index contributed by atoms with van der Waals surface area (Å²) < 4.78 is 26.3. The van der Waals surface area contributed by atoms with Crippen LogP contribution in [0.2, 0.25) is 0 Å². The fraction of sp³-hybridized carbons (Fsp3) is 0.480. The zero-order valence-corrected chi connectivity index (χ0v) is 20.4.